The van der Waals surface area contributed by atoms with Gasteiger partial charge in [-0.15, -0.1) is 12.4 Å². The van der Waals surface area contributed by atoms with Crippen LogP contribution in [0.4, 0.5) is 13.6 Å². The van der Waals surface area contributed by atoms with Crippen LogP contribution < -0.4 is 5.32 Å². The van der Waals surface area contributed by atoms with E-state index in [-0.39, 0.29) is 92.6 Å². The maximum Gasteiger partial charge on any atom is 0.327 e. The number of piperidine rings is 1. The van der Waals surface area contributed by atoms with Crippen LogP contribution in [0.25, 0.3) is 0 Å². The van der Waals surface area contributed by atoms with E-state index < -0.39 is 11.5 Å². The van der Waals surface area contributed by atoms with Gasteiger partial charge in [0.1, 0.15) is 5.54 Å². The van der Waals surface area contributed by atoms with Crippen LogP contribution in [0.3, 0.4) is 0 Å². The molecule has 234 valence electrons. The molecule has 4 amide bonds. The van der Waals surface area contributed by atoms with E-state index in [1.165, 1.54) is 4.90 Å². The van der Waals surface area contributed by atoms with Crippen molar-refractivity contribution in [2.75, 3.05) is 26.8 Å². The van der Waals surface area contributed by atoms with E-state index in [2.05, 4.69) is 10.2 Å². The number of rotatable bonds is 10. The zero-order chi connectivity index (χ0) is 29.4. The van der Waals surface area contributed by atoms with Crippen molar-refractivity contribution in [3.05, 3.63) is 35.9 Å². The van der Waals surface area contributed by atoms with Crippen molar-refractivity contribution in [3.8, 4) is 0 Å². The Morgan fingerprint density at radius 1 is 1.02 bits per heavy atom. The summed E-state index contributed by atoms with van der Waals surface area (Å²) < 4.78 is 32.5. The minimum Gasteiger partial charge on any atom is -0.383 e. The molecule has 4 fully saturated rings. The maximum atomic E-state index is 13.8. The fourth-order valence-electron chi connectivity index (χ4n) is 7.78. The summed E-state index contributed by atoms with van der Waals surface area (Å²) >= 11 is 0. The van der Waals surface area contributed by atoms with Gasteiger partial charge in [0.15, 0.2) is 0 Å². The highest BCUT2D eigenvalue weighted by molar-refractivity contribution is 6.07. The van der Waals surface area contributed by atoms with Crippen molar-refractivity contribution >= 4 is 30.3 Å². The number of urea groups is 1. The third kappa shape index (κ3) is 6.31. The Balaban J connectivity index is 0.00000405. The quantitative estimate of drug-likeness (QED) is 0.370. The fourth-order valence-corrected chi connectivity index (χ4v) is 7.78. The van der Waals surface area contributed by atoms with Gasteiger partial charge in [-0.2, -0.15) is 0 Å². The molecule has 2 unspecified atom stereocenters. The number of carbonyl (C=O) groups is 3. The van der Waals surface area contributed by atoms with Crippen molar-refractivity contribution in [3.63, 3.8) is 0 Å². The number of fused-ring (bicyclic) bond motifs is 2. The lowest BCUT2D eigenvalue weighted by Crippen LogP contribution is -2.61. The first-order valence-electron chi connectivity index (χ1n) is 15.2. The lowest BCUT2D eigenvalue weighted by molar-refractivity contribution is -0.138. The molecule has 0 aromatic heterocycles. The van der Waals surface area contributed by atoms with Crippen LogP contribution in [0.15, 0.2) is 30.3 Å². The van der Waals surface area contributed by atoms with Gasteiger partial charge in [-0.3, -0.25) is 19.4 Å². The standard InChI is InChI=1S/C31H44F2N4O4.ClH/c1-21(2)37-29(40)36(17-18-41-3)28(39)30(37)19-24-9-10-25(20-30)35(24)16-13-26(22-7-5-4-6-8-22)34-27(38)23-11-14-31(32,33)15-12-23;/h4-8,21,23-26H,9-20H2,1-3H3,(H,34,38);1H/t24?,25?,26-,30?;/m0./s1. The number of carbonyl (C=O) groups excluding carboxylic acids is 3. The monoisotopic (exact) mass is 610 g/mol. The average molecular weight is 611 g/mol. The molecule has 0 radical (unpaired) electrons. The minimum absolute atomic E-state index is 0. The number of benzene rings is 1. The predicted molar refractivity (Wildman–Crippen MR) is 158 cm³/mol. The summed E-state index contributed by atoms with van der Waals surface area (Å²) in [5, 5.41) is 3.19. The second kappa shape index (κ2) is 13.1. The molecule has 3 aliphatic heterocycles. The molecule has 1 aliphatic carbocycles. The molecule has 1 aromatic carbocycles. The van der Waals surface area contributed by atoms with Crippen molar-refractivity contribution < 1.29 is 27.9 Å². The number of hydrogen-bond acceptors (Lipinski definition) is 5. The summed E-state index contributed by atoms with van der Waals surface area (Å²) in [5.41, 5.74) is 0.177. The number of halogens is 3. The first-order chi connectivity index (χ1) is 19.6. The van der Waals surface area contributed by atoms with Gasteiger partial charge in [0.05, 0.1) is 19.2 Å². The third-order valence-electron chi connectivity index (χ3n) is 9.78. The van der Waals surface area contributed by atoms with E-state index in [1.807, 2.05) is 49.1 Å². The van der Waals surface area contributed by atoms with Crippen molar-refractivity contribution in [1.82, 2.24) is 20.0 Å². The van der Waals surface area contributed by atoms with Crippen LogP contribution in [-0.4, -0.2) is 88.9 Å². The lowest BCUT2D eigenvalue weighted by Gasteiger charge is -2.48. The minimum atomic E-state index is -2.67. The number of hydrogen-bond donors (Lipinski definition) is 1. The van der Waals surface area contributed by atoms with Gasteiger partial charge >= 0.3 is 6.03 Å². The summed E-state index contributed by atoms with van der Waals surface area (Å²) in [6.45, 7) is 5.26. The second-order valence-electron chi connectivity index (χ2n) is 12.6. The summed E-state index contributed by atoms with van der Waals surface area (Å²) in [6.07, 6.45) is 3.77. The molecule has 8 nitrogen and oxygen atoms in total. The molecule has 42 heavy (non-hydrogen) atoms. The van der Waals surface area contributed by atoms with Gasteiger partial charge in [-0.25, -0.2) is 13.6 Å². The molecule has 1 saturated carbocycles. The number of methoxy groups -OCH3 is 1. The van der Waals surface area contributed by atoms with Crippen LogP contribution in [0.1, 0.15) is 83.2 Å². The molecule has 3 atom stereocenters. The van der Waals surface area contributed by atoms with E-state index >= 15 is 0 Å². The molecule has 1 aromatic rings. The highest BCUT2D eigenvalue weighted by Crippen LogP contribution is 2.48. The highest BCUT2D eigenvalue weighted by atomic mass is 35.5. The number of alkyl halides is 2. The molecule has 1 spiro atoms. The lowest BCUT2D eigenvalue weighted by atomic mass is 9.80. The molecule has 1 N–H and O–H groups in total. The van der Waals surface area contributed by atoms with Crippen molar-refractivity contribution in [2.24, 2.45) is 5.92 Å². The van der Waals surface area contributed by atoms with Crippen LogP contribution in [-0.2, 0) is 14.3 Å². The van der Waals surface area contributed by atoms with Crippen molar-refractivity contribution in [1.29, 1.82) is 0 Å². The van der Waals surface area contributed by atoms with Gasteiger partial charge < -0.3 is 15.0 Å². The van der Waals surface area contributed by atoms with Crippen LogP contribution in [0, 0.1) is 5.92 Å². The number of nitrogens with one attached hydrogen (secondary N) is 1. The zero-order valence-corrected chi connectivity index (χ0v) is 25.7. The second-order valence-corrected chi connectivity index (χ2v) is 12.6. The van der Waals surface area contributed by atoms with Crippen molar-refractivity contribution in [2.45, 2.75) is 107 Å². The SMILES string of the molecule is COCCN1C(=O)N(C(C)C)C2(CC3CCC(C2)N3CC[C@H](NC(=O)C2CCC(F)(F)CC2)c2ccccc2)C1=O.Cl. The number of ether oxygens (including phenoxy) is 1. The summed E-state index contributed by atoms with van der Waals surface area (Å²) in [4.78, 5) is 46.0. The Morgan fingerprint density at radius 3 is 2.21 bits per heavy atom. The molecule has 2 bridgehead atoms. The molecule has 3 saturated heterocycles. The Bertz CT molecular complexity index is 1100. The van der Waals surface area contributed by atoms with Gasteiger partial charge in [0.25, 0.3) is 5.91 Å². The largest absolute Gasteiger partial charge is 0.383 e. The molecule has 4 aliphatic rings. The molecular weight excluding hydrogens is 566 g/mol. The van der Waals surface area contributed by atoms with E-state index in [4.69, 9.17) is 4.74 Å². The average Bonchev–Trinajstić information content (AvgIpc) is 3.30. The van der Waals surface area contributed by atoms with E-state index in [9.17, 15) is 23.2 Å². The zero-order valence-electron chi connectivity index (χ0n) is 24.9. The van der Waals surface area contributed by atoms with Gasteiger partial charge in [-0.1, -0.05) is 30.3 Å². The van der Waals surface area contributed by atoms with E-state index in [0.29, 0.717) is 25.9 Å². The number of amides is 4. The third-order valence-corrected chi connectivity index (χ3v) is 9.78. The Labute approximate surface area is 253 Å². The predicted octanol–water partition coefficient (Wildman–Crippen LogP) is 5.17. The van der Waals surface area contributed by atoms with Crippen LogP contribution in [0.5, 0.6) is 0 Å². The van der Waals surface area contributed by atoms with E-state index in [0.717, 1.165) is 24.9 Å². The van der Waals surface area contributed by atoms with E-state index in [1.54, 1.807) is 7.11 Å². The summed E-state index contributed by atoms with van der Waals surface area (Å²) in [7, 11) is 1.57. The molecule has 3 heterocycles. The highest BCUT2D eigenvalue weighted by Gasteiger charge is 2.63. The fraction of sp³-hybridized carbons (Fsp3) is 0.710. The maximum absolute atomic E-state index is 13.8. The van der Waals surface area contributed by atoms with Gasteiger partial charge in [0.2, 0.25) is 11.8 Å². The Morgan fingerprint density at radius 2 is 1.64 bits per heavy atom. The topological polar surface area (TPSA) is 82.2 Å². The van der Waals surface area contributed by atoms with Crippen LogP contribution in [0.2, 0.25) is 0 Å². The summed E-state index contributed by atoms with van der Waals surface area (Å²) in [5.74, 6) is -3.30. The summed E-state index contributed by atoms with van der Waals surface area (Å²) in [6, 6.07) is 9.62. The number of nitrogens with zero attached hydrogens (tertiary/aromatic N) is 3. The molecule has 5 rings (SSSR count). The Hall–Kier alpha value is -2.30. The molecular formula is C31H45ClF2N4O4. The molecule has 11 heteroatoms. The Kier molecular flexibility index (Phi) is 10.2. The number of imide groups is 1. The smallest absolute Gasteiger partial charge is 0.327 e. The van der Waals surface area contributed by atoms with Gasteiger partial charge in [0, 0.05) is 50.5 Å². The van der Waals surface area contributed by atoms with Crippen LogP contribution >= 0.6 is 12.4 Å². The normalized spacial score (nSPS) is 28.4. The first kappa shape index (κ1) is 32.6. The van der Waals surface area contributed by atoms with Gasteiger partial charge in [-0.05, 0) is 64.4 Å². The first-order valence-corrected chi connectivity index (χ1v) is 15.2.